The van der Waals surface area contributed by atoms with E-state index in [9.17, 15) is 15.0 Å². The molecule has 1 heterocycles. The summed E-state index contributed by atoms with van der Waals surface area (Å²) < 4.78 is 1.65. The zero-order valence-corrected chi connectivity index (χ0v) is 15.3. The van der Waals surface area contributed by atoms with E-state index in [4.69, 9.17) is 27.6 Å². The second kappa shape index (κ2) is 11.8. The summed E-state index contributed by atoms with van der Waals surface area (Å²) in [7, 11) is 0. The fourth-order valence-corrected chi connectivity index (χ4v) is 2.82. The normalized spacial score (nSPS) is 14.7. The van der Waals surface area contributed by atoms with Crippen molar-refractivity contribution in [3.8, 4) is 5.75 Å². The minimum absolute atomic E-state index is 0.00752. The van der Waals surface area contributed by atoms with E-state index in [-0.39, 0.29) is 37.8 Å². The fraction of sp³-hybridized carbons (Fsp3) is 0.647. The predicted octanol–water partition coefficient (Wildman–Crippen LogP) is -1.52. The van der Waals surface area contributed by atoms with Crippen molar-refractivity contribution < 1.29 is 34.8 Å². The van der Waals surface area contributed by atoms with Crippen LogP contribution < -0.4 is 21.8 Å². The Balaban J connectivity index is 2.83. The van der Waals surface area contributed by atoms with Crippen LogP contribution in [-0.4, -0.2) is 57.9 Å². The van der Waals surface area contributed by atoms with Crippen molar-refractivity contribution in [2.24, 2.45) is 17.2 Å². The van der Waals surface area contributed by atoms with Crippen LogP contribution in [0.15, 0.2) is 12.4 Å². The minimum atomic E-state index is -1.11. The first-order chi connectivity index (χ1) is 12.8. The fourth-order valence-electron chi connectivity index (χ4n) is 2.82. The van der Waals surface area contributed by atoms with Gasteiger partial charge in [0.25, 0.3) is 0 Å². The van der Waals surface area contributed by atoms with Gasteiger partial charge in [-0.15, -0.1) is 0 Å². The van der Waals surface area contributed by atoms with Crippen LogP contribution in [-0.2, 0) is 29.1 Å². The number of pyridine rings is 1. The van der Waals surface area contributed by atoms with E-state index in [0.717, 1.165) is 5.56 Å². The Labute approximate surface area is 158 Å². The lowest BCUT2D eigenvalue weighted by atomic mass is 9.99. The van der Waals surface area contributed by atoms with Crippen LogP contribution in [0.5, 0.6) is 5.75 Å². The predicted molar refractivity (Wildman–Crippen MR) is 96.8 cm³/mol. The molecule has 3 unspecified atom stereocenters. The summed E-state index contributed by atoms with van der Waals surface area (Å²) in [5.74, 6) is -1.04. The molecule has 27 heavy (non-hydrogen) atoms. The number of aliphatic carboxylic acids is 1. The van der Waals surface area contributed by atoms with Crippen molar-refractivity contribution in [2.45, 2.75) is 56.8 Å². The monoisotopic (exact) mass is 387 g/mol. The largest absolute Gasteiger partial charge is 0.503 e. The number of nitrogens with two attached hydrogens (primary N) is 3. The number of carbonyl (C=O) groups is 1. The smallest absolute Gasteiger partial charge is 0.320 e. The molecule has 10 nitrogen and oxygen atoms in total. The van der Waals surface area contributed by atoms with E-state index in [1.165, 1.54) is 6.20 Å². The first kappa shape index (κ1) is 23.2. The second-order valence-corrected chi connectivity index (χ2v) is 6.65. The summed E-state index contributed by atoms with van der Waals surface area (Å²) >= 11 is 0. The molecule has 1 aromatic heterocycles. The molecule has 0 saturated heterocycles. The van der Waals surface area contributed by atoms with E-state index in [2.05, 4.69) is 4.89 Å². The molecule has 0 bridgehead atoms. The van der Waals surface area contributed by atoms with Gasteiger partial charge in [-0.1, -0.05) is 0 Å². The molecule has 3 atom stereocenters. The van der Waals surface area contributed by atoms with E-state index < -0.39 is 18.1 Å². The first-order valence-electron chi connectivity index (χ1n) is 8.90. The summed E-state index contributed by atoms with van der Waals surface area (Å²) in [5.41, 5.74) is 18.4. The van der Waals surface area contributed by atoms with Gasteiger partial charge >= 0.3 is 5.97 Å². The van der Waals surface area contributed by atoms with Gasteiger partial charge in [-0.25, -0.2) is 4.89 Å². The molecule has 0 fully saturated rings. The number of hydrogen-bond acceptors (Lipinski definition) is 8. The molecule has 0 radical (unpaired) electrons. The lowest BCUT2D eigenvalue weighted by molar-refractivity contribution is -0.704. The van der Waals surface area contributed by atoms with Gasteiger partial charge in [0, 0.05) is 17.2 Å². The molecule has 0 aromatic carbocycles. The lowest BCUT2D eigenvalue weighted by Crippen LogP contribution is -2.41. The highest BCUT2D eigenvalue weighted by Crippen LogP contribution is 2.21. The maximum atomic E-state index is 10.7. The van der Waals surface area contributed by atoms with Crippen LogP contribution >= 0.6 is 0 Å². The third kappa shape index (κ3) is 8.16. The molecule has 0 aliphatic heterocycles. The Morgan fingerprint density at radius 2 is 1.89 bits per heavy atom. The topological polar surface area (TPSA) is 189 Å². The number of rotatable bonds is 13. The second-order valence-electron chi connectivity index (χ2n) is 6.65. The van der Waals surface area contributed by atoms with Crippen LogP contribution in [0.2, 0.25) is 0 Å². The van der Waals surface area contributed by atoms with Gasteiger partial charge in [0.15, 0.2) is 18.5 Å². The molecule has 154 valence electrons. The van der Waals surface area contributed by atoms with Crippen LogP contribution in [0, 0.1) is 0 Å². The molecule has 0 aliphatic rings. The first-order valence-corrected chi connectivity index (χ1v) is 8.90. The maximum absolute atomic E-state index is 10.7. The number of aliphatic hydroxyl groups is 1. The molecule has 10 heteroatoms. The van der Waals surface area contributed by atoms with Gasteiger partial charge < -0.3 is 32.5 Å². The highest BCUT2D eigenvalue weighted by molar-refractivity contribution is 5.72. The molecular weight excluding hydrogens is 356 g/mol. The number of hydrogen-bond donors (Lipinski definition) is 7. The highest BCUT2D eigenvalue weighted by Gasteiger charge is 2.20. The summed E-state index contributed by atoms with van der Waals surface area (Å²) in [5, 5.41) is 37.7. The summed E-state index contributed by atoms with van der Waals surface area (Å²) in [6.45, 7) is 0.557. The van der Waals surface area contributed by atoms with Crippen LogP contribution in [0.4, 0.5) is 0 Å². The Morgan fingerprint density at radius 1 is 1.19 bits per heavy atom. The number of nitrogens with zero attached hydrogens (tertiary/aromatic N) is 1. The van der Waals surface area contributed by atoms with E-state index >= 15 is 0 Å². The molecule has 0 amide bonds. The highest BCUT2D eigenvalue weighted by atomic mass is 17.1. The van der Waals surface area contributed by atoms with Gasteiger partial charge in [-0.3, -0.25) is 10.1 Å². The maximum Gasteiger partial charge on any atom is 0.320 e. The van der Waals surface area contributed by atoms with Crippen LogP contribution in [0.1, 0.15) is 30.4 Å². The molecule has 0 spiro atoms. The number of carboxylic acids is 1. The van der Waals surface area contributed by atoms with Gasteiger partial charge in [-0.05, 0) is 38.6 Å². The van der Waals surface area contributed by atoms with E-state index in [1.807, 2.05) is 0 Å². The zero-order chi connectivity index (χ0) is 20.4. The third-order valence-electron chi connectivity index (χ3n) is 4.32. The van der Waals surface area contributed by atoms with Gasteiger partial charge in [-0.2, -0.15) is 4.57 Å². The van der Waals surface area contributed by atoms with Crippen molar-refractivity contribution >= 4 is 5.97 Å². The molecule has 10 N–H and O–H groups in total. The summed E-state index contributed by atoms with van der Waals surface area (Å²) in [6, 6.07) is -1.38. The summed E-state index contributed by atoms with van der Waals surface area (Å²) in [4.78, 5) is 14.8. The number of aliphatic hydroxyl groups excluding tert-OH is 1. The average Bonchev–Trinajstić information content (AvgIpc) is 2.60. The Bertz CT molecular complexity index is 601. The van der Waals surface area contributed by atoms with Gasteiger partial charge in [0.1, 0.15) is 12.1 Å². The van der Waals surface area contributed by atoms with Crippen LogP contribution in [0.25, 0.3) is 0 Å². The average molecular weight is 387 g/mol. The van der Waals surface area contributed by atoms with Crippen molar-refractivity contribution in [2.75, 3.05) is 13.2 Å². The molecule has 0 aliphatic carbocycles. The number of carboxylic acid groups (broad SMARTS) is 1. The van der Waals surface area contributed by atoms with Crippen molar-refractivity contribution in [1.29, 1.82) is 0 Å². The molecular formula is C17H31N4O6+. The van der Waals surface area contributed by atoms with E-state index in [1.54, 1.807) is 10.8 Å². The molecule has 1 aromatic rings. The quantitative estimate of drug-likeness (QED) is 0.120. The number of aromatic hydroxyl groups is 1. The number of aryl methyl sites for hydroxylation is 1. The van der Waals surface area contributed by atoms with Gasteiger partial charge in [0.2, 0.25) is 6.20 Å². The van der Waals surface area contributed by atoms with Crippen molar-refractivity contribution in [3.05, 3.63) is 23.5 Å². The minimum Gasteiger partial charge on any atom is -0.503 e. The summed E-state index contributed by atoms with van der Waals surface area (Å²) in [6.07, 6.45) is 4.42. The molecule has 1 rings (SSSR count). The zero-order valence-electron chi connectivity index (χ0n) is 15.3. The van der Waals surface area contributed by atoms with Crippen molar-refractivity contribution in [1.82, 2.24) is 0 Å². The van der Waals surface area contributed by atoms with Crippen molar-refractivity contribution in [3.63, 3.8) is 0 Å². The molecule has 0 saturated carbocycles. The van der Waals surface area contributed by atoms with E-state index in [0.29, 0.717) is 31.4 Å². The van der Waals surface area contributed by atoms with Gasteiger partial charge in [0.05, 0.1) is 6.61 Å². The lowest BCUT2D eigenvalue weighted by Gasteiger charge is -2.14. The standard InChI is InChI=1S/C17H30N4O6/c18-6-5-14-11(1-2-12(19)10-27-26)7-21(9-16(14)23)8-13(22)3-4-15(20)17(24)25/h7,9,12-13,15,22H,1-6,8,10,18-20H2,(H2-,23,24,25,26)/p+1. The third-order valence-corrected chi connectivity index (χ3v) is 4.32. The Morgan fingerprint density at radius 3 is 2.48 bits per heavy atom. The van der Waals surface area contributed by atoms with Crippen LogP contribution in [0.3, 0.4) is 0 Å². The Hall–Kier alpha value is -1.82. The number of aromatic nitrogens is 1. The Kier molecular flexibility index (Phi) is 10.1. The SMILES string of the molecule is NCCc1c(O)c[n+](CC(O)CCC(N)C(=O)O)cc1CCC(N)COO.